The lowest BCUT2D eigenvalue weighted by molar-refractivity contribution is -0.147. The van der Waals surface area contributed by atoms with Crippen molar-refractivity contribution < 1.29 is 19.1 Å². The zero-order valence-corrected chi connectivity index (χ0v) is 13.8. The molecule has 0 aromatic carbocycles. The van der Waals surface area contributed by atoms with Crippen LogP contribution >= 0.6 is 0 Å². The van der Waals surface area contributed by atoms with Gasteiger partial charge >= 0.3 is 11.9 Å². The number of esters is 2. The van der Waals surface area contributed by atoms with Gasteiger partial charge in [-0.15, -0.1) is 0 Å². The molecule has 126 valence electrons. The van der Waals surface area contributed by atoms with E-state index in [9.17, 15) is 9.59 Å². The van der Waals surface area contributed by atoms with Gasteiger partial charge in [0.05, 0.1) is 13.2 Å². The predicted octanol–water partition coefficient (Wildman–Crippen LogP) is 3.13. The summed E-state index contributed by atoms with van der Waals surface area (Å²) < 4.78 is 10.7. The molecule has 23 heavy (non-hydrogen) atoms. The van der Waals surface area contributed by atoms with Gasteiger partial charge in [0.2, 0.25) is 0 Å². The zero-order valence-electron chi connectivity index (χ0n) is 13.8. The summed E-state index contributed by atoms with van der Waals surface area (Å²) in [6, 6.07) is 0. The van der Waals surface area contributed by atoms with Crippen LogP contribution < -0.4 is 0 Å². The maximum Gasteiger partial charge on any atom is 0.330 e. The molecule has 2 bridgehead atoms. The van der Waals surface area contributed by atoms with Gasteiger partial charge < -0.3 is 9.47 Å². The van der Waals surface area contributed by atoms with Crippen molar-refractivity contribution in [1.82, 2.24) is 0 Å². The highest BCUT2D eigenvalue weighted by Gasteiger charge is 2.64. The van der Waals surface area contributed by atoms with Crippen LogP contribution in [0.3, 0.4) is 0 Å². The number of hydrogen-bond donors (Lipinski definition) is 0. The highest BCUT2D eigenvalue weighted by atomic mass is 16.5. The first kappa shape index (κ1) is 16.3. The first-order valence-electron chi connectivity index (χ1n) is 8.59. The second-order valence-corrected chi connectivity index (χ2v) is 7.51. The maximum absolute atomic E-state index is 11.5. The van der Waals surface area contributed by atoms with Gasteiger partial charge in [-0.05, 0) is 42.4 Å². The molecule has 3 fully saturated rings. The fourth-order valence-corrected chi connectivity index (χ4v) is 5.82. The molecule has 3 rings (SSSR count). The van der Waals surface area contributed by atoms with Crippen LogP contribution in [0.1, 0.15) is 32.6 Å². The van der Waals surface area contributed by atoms with E-state index in [1.807, 2.05) is 0 Å². The topological polar surface area (TPSA) is 52.6 Å². The molecule has 0 aliphatic heterocycles. The Morgan fingerprint density at radius 1 is 1.09 bits per heavy atom. The first-order chi connectivity index (χ1) is 11.0. The molecule has 3 aliphatic carbocycles. The van der Waals surface area contributed by atoms with Gasteiger partial charge in [0, 0.05) is 24.0 Å². The molecule has 4 nitrogen and oxygen atoms in total. The number of carbonyl (C=O) groups is 2. The lowest BCUT2D eigenvalue weighted by Gasteiger charge is -2.44. The number of hydrogen-bond acceptors (Lipinski definition) is 4. The van der Waals surface area contributed by atoms with Crippen LogP contribution in [0.5, 0.6) is 0 Å². The molecular weight excluding hydrogens is 292 g/mol. The molecule has 0 amide bonds. The highest BCUT2D eigenvalue weighted by Crippen LogP contribution is 2.69. The van der Waals surface area contributed by atoms with E-state index in [1.54, 1.807) is 0 Å². The van der Waals surface area contributed by atoms with E-state index in [0.29, 0.717) is 30.5 Å². The van der Waals surface area contributed by atoms with Crippen LogP contribution in [0, 0.1) is 35.0 Å². The summed E-state index contributed by atoms with van der Waals surface area (Å²) in [5.41, 5.74) is 0.370. The monoisotopic (exact) mass is 318 g/mol. The standard InChI is InChI=1S/C19H26O4/c1-4-17(20)22-10-13-12-9-16(14(13)11-23-18(21)5-2)19(3)8-6-7-15(12)19/h4-5,12-16H,1-2,6-11H2,3H3/t12-,13?,14?,15?,16+,19+/m0/s1. The Morgan fingerprint density at radius 2 is 1.70 bits per heavy atom. The van der Waals surface area contributed by atoms with Crippen molar-refractivity contribution in [2.24, 2.45) is 35.0 Å². The van der Waals surface area contributed by atoms with Gasteiger partial charge in [0.15, 0.2) is 0 Å². The second-order valence-electron chi connectivity index (χ2n) is 7.51. The lowest BCUT2D eigenvalue weighted by atomic mass is 9.62. The Hall–Kier alpha value is -1.58. The molecule has 0 spiro atoms. The first-order valence-corrected chi connectivity index (χ1v) is 8.59. The van der Waals surface area contributed by atoms with Crippen LogP contribution in [-0.4, -0.2) is 25.2 Å². The quantitative estimate of drug-likeness (QED) is 0.558. The van der Waals surface area contributed by atoms with Gasteiger partial charge in [0.25, 0.3) is 0 Å². The van der Waals surface area contributed by atoms with Gasteiger partial charge in [-0.1, -0.05) is 26.5 Å². The van der Waals surface area contributed by atoms with Gasteiger partial charge in [-0.3, -0.25) is 0 Å². The molecule has 0 saturated heterocycles. The normalized spacial score (nSPS) is 40.5. The van der Waals surface area contributed by atoms with Crippen molar-refractivity contribution in [3.8, 4) is 0 Å². The average molecular weight is 318 g/mol. The zero-order chi connectivity index (χ0) is 16.6. The molecule has 0 N–H and O–H groups in total. The Labute approximate surface area is 137 Å². The van der Waals surface area contributed by atoms with Crippen molar-refractivity contribution in [3.05, 3.63) is 25.3 Å². The molecule has 3 unspecified atom stereocenters. The van der Waals surface area contributed by atoms with E-state index in [0.717, 1.165) is 5.92 Å². The summed E-state index contributed by atoms with van der Waals surface area (Å²) in [5, 5.41) is 0. The molecule has 0 aromatic rings. The summed E-state index contributed by atoms with van der Waals surface area (Å²) in [6.45, 7) is 10.1. The minimum Gasteiger partial charge on any atom is -0.462 e. The fraction of sp³-hybridized carbons (Fsp3) is 0.684. The largest absolute Gasteiger partial charge is 0.462 e. The van der Waals surface area contributed by atoms with Crippen molar-refractivity contribution in [1.29, 1.82) is 0 Å². The Bertz CT molecular complexity index is 525. The van der Waals surface area contributed by atoms with E-state index in [-0.39, 0.29) is 23.8 Å². The van der Waals surface area contributed by atoms with Crippen molar-refractivity contribution in [3.63, 3.8) is 0 Å². The molecule has 3 aliphatic rings. The van der Waals surface area contributed by atoms with Crippen LogP contribution in [0.4, 0.5) is 0 Å². The minimum absolute atomic E-state index is 0.279. The molecule has 0 heterocycles. The van der Waals surface area contributed by atoms with E-state index in [4.69, 9.17) is 9.47 Å². The molecule has 3 saturated carbocycles. The summed E-state index contributed by atoms with van der Waals surface area (Å²) in [7, 11) is 0. The van der Waals surface area contributed by atoms with Gasteiger partial charge in [-0.2, -0.15) is 0 Å². The Morgan fingerprint density at radius 3 is 2.30 bits per heavy atom. The van der Waals surface area contributed by atoms with Crippen LogP contribution in [0.15, 0.2) is 25.3 Å². The number of fused-ring (bicyclic) bond motifs is 5. The third-order valence-electron chi connectivity index (χ3n) is 6.75. The molecule has 0 aromatic heterocycles. The molecular formula is C19H26O4. The summed E-state index contributed by atoms with van der Waals surface area (Å²) in [6.07, 6.45) is 7.42. The number of carbonyl (C=O) groups excluding carboxylic acids is 2. The van der Waals surface area contributed by atoms with Crippen molar-refractivity contribution in [2.75, 3.05) is 13.2 Å². The molecule has 6 atom stereocenters. The van der Waals surface area contributed by atoms with E-state index in [2.05, 4.69) is 20.1 Å². The molecule has 4 heteroatoms. The number of rotatable bonds is 6. The summed E-state index contributed by atoms with van der Waals surface area (Å²) in [5.74, 6) is 1.69. The maximum atomic E-state index is 11.5. The fourth-order valence-electron chi connectivity index (χ4n) is 5.82. The Kier molecular flexibility index (Phi) is 4.35. The summed E-state index contributed by atoms with van der Waals surface area (Å²) >= 11 is 0. The highest BCUT2D eigenvalue weighted by molar-refractivity contribution is 5.81. The van der Waals surface area contributed by atoms with E-state index < -0.39 is 0 Å². The van der Waals surface area contributed by atoms with Crippen LogP contribution in [-0.2, 0) is 19.1 Å². The third kappa shape index (κ3) is 2.62. The van der Waals surface area contributed by atoms with E-state index >= 15 is 0 Å². The van der Waals surface area contributed by atoms with Crippen LogP contribution in [0.2, 0.25) is 0 Å². The Balaban J connectivity index is 1.75. The smallest absolute Gasteiger partial charge is 0.330 e. The minimum atomic E-state index is -0.372. The number of ether oxygens (including phenoxy) is 2. The van der Waals surface area contributed by atoms with Crippen molar-refractivity contribution in [2.45, 2.75) is 32.6 Å². The molecule has 0 radical (unpaired) electrons. The van der Waals surface area contributed by atoms with Crippen LogP contribution in [0.25, 0.3) is 0 Å². The summed E-state index contributed by atoms with van der Waals surface area (Å²) in [4.78, 5) is 22.9. The van der Waals surface area contributed by atoms with Crippen molar-refractivity contribution >= 4 is 11.9 Å². The van der Waals surface area contributed by atoms with Gasteiger partial charge in [-0.25, -0.2) is 9.59 Å². The van der Waals surface area contributed by atoms with Gasteiger partial charge in [0.1, 0.15) is 0 Å². The predicted molar refractivity (Wildman–Crippen MR) is 86.3 cm³/mol. The average Bonchev–Trinajstić information content (AvgIpc) is 3.18. The second kappa shape index (κ2) is 6.14. The lowest BCUT2D eigenvalue weighted by Crippen LogP contribution is -2.43. The third-order valence-corrected chi connectivity index (χ3v) is 6.75. The SMILES string of the molecule is C=CC(=O)OCC1C(COC(=O)C=C)[C@H]2C[C@@H]1C1CCC[C@]12C. The van der Waals surface area contributed by atoms with E-state index in [1.165, 1.54) is 37.8 Å².